The zero-order valence-electron chi connectivity index (χ0n) is 22.3. The van der Waals surface area contributed by atoms with Crippen LogP contribution in [-0.2, 0) is 20.3 Å². The fourth-order valence-electron chi connectivity index (χ4n) is 4.49. The molecule has 210 valence electrons. The fraction of sp³-hybridized carbons (Fsp3) is 0.385. The number of para-hydroxylation sites is 1. The summed E-state index contributed by atoms with van der Waals surface area (Å²) in [5.41, 5.74) is 0.609. The van der Waals surface area contributed by atoms with Gasteiger partial charge in [-0.1, -0.05) is 17.7 Å². The van der Waals surface area contributed by atoms with Gasteiger partial charge in [0.05, 0.1) is 29.0 Å². The summed E-state index contributed by atoms with van der Waals surface area (Å²) in [4.78, 5) is 17.3. The summed E-state index contributed by atoms with van der Waals surface area (Å²) in [5, 5.41) is 8.05. The molecule has 14 heteroatoms. The number of ether oxygens (including phenoxy) is 3. The van der Waals surface area contributed by atoms with E-state index in [-0.39, 0.29) is 24.4 Å². The number of rotatable bonds is 9. The minimum absolute atomic E-state index is 0.0999. The molecule has 0 N–H and O–H groups in total. The van der Waals surface area contributed by atoms with Crippen LogP contribution in [0, 0.1) is 0 Å². The maximum absolute atomic E-state index is 13.9. The second-order valence-corrected chi connectivity index (χ2v) is 12.3. The Labute approximate surface area is 236 Å². The summed E-state index contributed by atoms with van der Waals surface area (Å²) >= 11 is 5.96. The van der Waals surface area contributed by atoms with Crippen molar-refractivity contribution in [1.29, 1.82) is 0 Å². The lowest BCUT2D eigenvalue weighted by Gasteiger charge is -2.25. The molecule has 0 radical (unpaired) electrons. The first-order valence-corrected chi connectivity index (χ1v) is 14.6. The first kappa shape index (κ1) is 27.9. The maximum Gasteiger partial charge on any atom is 0.172 e. The fourth-order valence-corrected chi connectivity index (χ4v) is 5.97. The molecule has 40 heavy (non-hydrogen) atoms. The first-order chi connectivity index (χ1) is 19.2. The Bertz CT molecular complexity index is 1580. The van der Waals surface area contributed by atoms with Crippen LogP contribution < -0.4 is 9.47 Å². The number of aromatic nitrogens is 7. The van der Waals surface area contributed by atoms with E-state index in [2.05, 4.69) is 30.1 Å². The van der Waals surface area contributed by atoms with Gasteiger partial charge >= 0.3 is 0 Å². The maximum atomic E-state index is 13.9. The van der Waals surface area contributed by atoms with Gasteiger partial charge in [-0.05, 0) is 39.0 Å². The van der Waals surface area contributed by atoms with E-state index in [9.17, 15) is 8.42 Å². The van der Waals surface area contributed by atoms with Crippen LogP contribution in [0.1, 0.15) is 50.4 Å². The summed E-state index contributed by atoms with van der Waals surface area (Å²) in [5.74, 6) is 1.83. The van der Waals surface area contributed by atoms with Crippen LogP contribution in [0.2, 0.25) is 5.02 Å². The zero-order valence-corrected chi connectivity index (χ0v) is 23.9. The van der Waals surface area contributed by atoms with E-state index in [1.807, 2.05) is 19.9 Å². The summed E-state index contributed by atoms with van der Waals surface area (Å²) < 4.78 is 47.2. The number of methoxy groups -OCH3 is 1. The molecule has 0 bridgehead atoms. The van der Waals surface area contributed by atoms with Crippen LogP contribution in [0.3, 0.4) is 0 Å². The normalized spacial score (nSPS) is 16.4. The van der Waals surface area contributed by atoms with E-state index < -0.39 is 33.0 Å². The molecule has 0 unspecified atom stereocenters. The van der Waals surface area contributed by atoms with Crippen LogP contribution in [0.25, 0.3) is 11.4 Å². The molecule has 0 aliphatic carbocycles. The summed E-state index contributed by atoms with van der Waals surface area (Å²) in [6.07, 6.45) is 4.83. The minimum atomic E-state index is -3.90. The number of benzene rings is 1. The summed E-state index contributed by atoms with van der Waals surface area (Å²) in [7, 11) is -2.35. The highest BCUT2D eigenvalue weighted by molar-refractivity contribution is 7.91. The van der Waals surface area contributed by atoms with Crippen molar-refractivity contribution < 1.29 is 22.6 Å². The molecule has 4 aromatic rings. The van der Waals surface area contributed by atoms with E-state index in [0.717, 1.165) is 0 Å². The highest BCUT2D eigenvalue weighted by Crippen LogP contribution is 2.42. The SMILES string of the molecule is COc1cccc2c1OC[C@@H](c1ncccn1)n1c(CS(=O)(=O)[C@@H](C)[C@@H](OC(C)C)c3ncc(Cl)cn3)nnc1-2. The Morgan fingerprint density at radius 2 is 1.80 bits per heavy atom. The number of nitrogens with zero attached hydrogens (tertiary/aromatic N) is 7. The van der Waals surface area contributed by atoms with Crippen LogP contribution >= 0.6 is 11.6 Å². The molecule has 1 aliphatic heterocycles. The molecule has 0 saturated carbocycles. The summed E-state index contributed by atoms with van der Waals surface area (Å²) in [6.45, 7) is 5.30. The van der Waals surface area contributed by atoms with Gasteiger partial charge in [0.15, 0.2) is 38.8 Å². The van der Waals surface area contributed by atoms with Crippen LogP contribution in [0.5, 0.6) is 11.5 Å². The van der Waals surface area contributed by atoms with Crippen molar-refractivity contribution in [2.24, 2.45) is 0 Å². The molecule has 0 spiro atoms. The van der Waals surface area contributed by atoms with Crippen LogP contribution in [-0.4, -0.2) is 68.2 Å². The van der Waals surface area contributed by atoms with Gasteiger partial charge in [0.2, 0.25) is 0 Å². The van der Waals surface area contributed by atoms with E-state index >= 15 is 0 Å². The molecule has 3 atom stereocenters. The number of halogens is 1. The predicted octanol–water partition coefficient (Wildman–Crippen LogP) is 3.64. The van der Waals surface area contributed by atoms with Crippen LogP contribution in [0.15, 0.2) is 49.1 Å². The van der Waals surface area contributed by atoms with Gasteiger partial charge in [0.1, 0.15) is 30.3 Å². The van der Waals surface area contributed by atoms with Gasteiger partial charge in [0, 0.05) is 24.8 Å². The third kappa shape index (κ3) is 5.49. The monoisotopic (exact) mass is 585 g/mol. The van der Waals surface area contributed by atoms with Crippen molar-refractivity contribution in [1.82, 2.24) is 34.7 Å². The highest BCUT2D eigenvalue weighted by atomic mass is 35.5. The Kier molecular flexibility index (Phi) is 7.97. The lowest BCUT2D eigenvalue weighted by Crippen LogP contribution is -2.32. The Balaban J connectivity index is 1.57. The van der Waals surface area contributed by atoms with Crippen molar-refractivity contribution in [2.45, 2.75) is 50.0 Å². The molecular weight excluding hydrogens is 558 g/mol. The number of fused-ring (bicyclic) bond motifs is 3. The topological polar surface area (TPSA) is 144 Å². The predicted molar refractivity (Wildman–Crippen MR) is 146 cm³/mol. The van der Waals surface area contributed by atoms with E-state index in [1.54, 1.807) is 49.2 Å². The second-order valence-electron chi connectivity index (χ2n) is 9.46. The third-order valence-electron chi connectivity index (χ3n) is 6.42. The van der Waals surface area contributed by atoms with Crippen molar-refractivity contribution in [3.8, 4) is 22.9 Å². The molecule has 12 nitrogen and oxygen atoms in total. The molecule has 1 aromatic carbocycles. The molecule has 0 amide bonds. The Morgan fingerprint density at radius 3 is 2.48 bits per heavy atom. The molecule has 4 heterocycles. The average Bonchev–Trinajstić information content (AvgIpc) is 3.26. The largest absolute Gasteiger partial charge is 0.493 e. The Hall–Kier alpha value is -3.68. The van der Waals surface area contributed by atoms with Gasteiger partial charge in [-0.25, -0.2) is 28.4 Å². The van der Waals surface area contributed by atoms with Crippen molar-refractivity contribution >= 4 is 21.4 Å². The number of hydrogen-bond donors (Lipinski definition) is 0. The zero-order chi connectivity index (χ0) is 28.4. The molecular formula is C26H28ClN7O5S. The second kappa shape index (κ2) is 11.4. The minimum Gasteiger partial charge on any atom is -0.493 e. The van der Waals surface area contributed by atoms with Gasteiger partial charge in [0.25, 0.3) is 0 Å². The number of hydrogen-bond acceptors (Lipinski definition) is 11. The van der Waals surface area contributed by atoms with Crippen LogP contribution in [0.4, 0.5) is 0 Å². The third-order valence-corrected chi connectivity index (χ3v) is 8.66. The first-order valence-electron chi connectivity index (χ1n) is 12.5. The van der Waals surface area contributed by atoms with Crippen molar-refractivity contribution in [3.63, 3.8) is 0 Å². The molecule has 0 fully saturated rings. The highest BCUT2D eigenvalue weighted by Gasteiger charge is 2.38. The lowest BCUT2D eigenvalue weighted by molar-refractivity contribution is 0.00142. The lowest BCUT2D eigenvalue weighted by atomic mass is 10.1. The van der Waals surface area contributed by atoms with Crippen molar-refractivity contribution in [3.05, 3.63) is 71.5 Å². The van der Waals surface area contributed by atoms with E-state index in [0.29, 0.717) is 33.7 Å². The average molecular weight is 586 g/mol. The molecule has 3 aromatic heterocycles. The molecule has 5 rings (SSSR count). The Morgan fingerprint density at radius 1 is 1.07 bits per heavy atom. The smallest absolute Gasteiger partial charge is 0.172 e. The quantitative estimate of drug-likeness (QED) is 0.284. The molecule has 0 saturated heterocycles. The van der Waals surface area contributed by atoms with E-state index in [1.165, 1.54) is 12.4 Å². The van der Waals surface area contributed by atoms with Gasteiger partial charge < -0.3 is 14.2 Å². The number of sulfone groups is 1. The van der Waals surface area contributed by atoms with E-state index in [4.69, 9.17) is 25.8 Å². The van der Waals surface area contributed by atoms with Gasteiger partial charge in [-0.2, -0.15) is 0 Å². The summed E-state index contributed by atoms with van der Waals surface area (Å²) in [6, 6.07) is 6.49. The molecule has 1 aliphatic rings. The van der Waals surface area contributed by atoms with Gasteiger partial charge in [-0.15, -0.1) is 10.2 Å². The standard InChI is InChI=1S/C26H28ClN7O5S/c1-15(2)39-22(25-30-11-17(27)12-31-25)16(3)40(35,36)14-21-32-33-26-18-7-5-8-20(37-4)23(18)38-13-19(34(21)26)24-28-9-6-10-29-24/h5-12,15-16,19,22H,13-14H2,1-4H3/t16-,19-,22+/m0/s1. The van der Waals surface area contributed by atoms with Gasteiger partial charge in [-0.3, -0.25) is 4.57 Å². The van der Waals surface area contributed by atoms with Crippen molar-refractivity contribution in [2.75, 3.05) is 13.7 Å².